The van der Waals surface area contributed by atoms with Crippen molar-refractivity contribution in [3.63, 3.8) is 0 Å². The van der Waals surface area contributed by atoms with E-state index in [0.717, 1.165) is 11.4 Å². The lowest BCUT2D eigenvalue weighted by Crippen LogP contribution is -2.51. The molecule has 1 saturated heterocycles. The van der Waals surface area contributed by atoms with Crippen LogP contribution in [-0.4, -0.2) is 60.2 Å². The first kappa shape index (κ1) is 20.5. The number of amides is 1. The molecule has 1 aliphatic rings. The third-order valence-corrected chi connectivity index (χ3v) is 5.15. The zero-order chi connectivity index (χ0) is 21.8. The zero-order valence-electron chi connectivity index (χ0n) is 17.6. The van der Waals surface area contributed by atoms with Crippen molar-refractivity contribution >= 4 is 5.91 Å². The molecule has 0 N–H and O–H groups in total. The van der Waals surface area contributed by atoms with Gasteiger partial charge in [0.25, 0.3) is 5.91 Å². The van der Waals surface area contributed by atoms with Crippen LogP contribution in [0.1, 0.15) is 22.1 Å². The summed E-state index contributed by atoms with van der Waals surface area (Å²) in [7, 11) is 4.55. The molecule has 162 valence electrons. The molecule has 0 atom stereocenters. The second-order valence-electron chi connectivity index (χ2n) is 7.04. The van der Waals surface area contributed by atoms with Crippen LogP contribution in [0.5, 0.6) is 23.0 Å². The molecule has 1 amide bonds. The number of hydrogen-bond donors (Lipinski definition) is 0. The molecule has 0 saturated carbocycles. The van der Waals surface area contributed by atoms with E-state index in [4.69, 9.17) is 18.9 Å². The number of carbonyl (C=O) groups excluding carboxylic acids is 1. The summed E-state index contributed by atoms with van der Waals surface area (Å²) in [4.78, 5) is 14.7. The summed E-state index contributed by atoms with van der Waals surface area (Å²) in [5, 5.41) is 8.35. The van der Waals surface area contributed by atoms with Crippen molar-refractivity contribution in [1.82, 2.24) is 19.9 Å². The Morgan fingerprint density at radius 2 is 1.74 bits per heavy atom. The van der Waals surface area contributed by atoms with Gasteiger partial charge < -0.3 is 23.8 Å². The monoisotopic (exact) mass is 424 g/mol. The molecule has 3 aromatic rings. The molecule has 0 radical (unpaired) electrons. The van der Waals surface area contributed by atoms with E-state index in [1.807, 2.05) is 36.5 Å². The summed E-state index contributed by atoms with van der Waals surface area (Å²) >= 11 is 0. The zero-order valence-corrected chi connectivity index (χ0v) is 17.6. The minimum Gasteiger partial charge on any atom is -0.493 e. The van der Waals surface area contributed by atoms with Crippen LogP contribution in [0.15, 0.2) is 48.7 Å². The SMILES string of the molecule is COc1ccc(C(=O)N2CC(n3cc(COc4ccccc4)nn3)C2)c(OC)c1OC. The van der Waals surface area contributed by atoms with Crippen molar-refractivity contribution < 1.29 is 23.7 Å². The van der Waals surface area contributed by atoms with Crippen molar-refractivity contribution in [2.24, 2.45) is 0 Å². The molecule has 31 heavy (non-hydrogen) atoms. The highest BCUT2D eigenvalue weighted by Crippen LogP contribution is 2.40. The Morgan fingerprint density at radius 3 is 2.42 bits per heavy atom. The summed E-state index contributed by atoms with van der Waals surface area (Å²) in [5.41, 5.74) is 1.16. The van der Waals surface area contributed by atoms with Gasteiger partial charge in [0.05, 0.1) is 39.1 Å². The van der Waals surface area contributed by atoms with Gasteiger partial charge in [0, 0.05) is 13.1 Å². The molecule has 4 rings (SSSR count). The molecule has 1 aromatic heterocycles. The highest BCUT2D eigenvalue weighted by molar-refractivity contribution is 5.98. The van der Waals surface area contributed by atoms with Crippen LogP contribution in [0.2, 0.25) is 0 Å². The first-order valence-electron chi connectivity index (χ1n) is 9.81. The number of para-hydroxylation sites is 1. The Balaban J connectivity index is 1.38. The van der Waals surface area contributed by atoms with Gasteiger partial charge in [-0.25, -0.2) is 4.68 Å². The molecular weight excluding hydrogens is 400 g/mol. The summed E-state index contributed by atoms with van der Waals surface area (Å²) in [5.74, 6) is 1.90. The van der Waals surface area contributed by atoms with Crippen LogP contribution in [0.25, 0.3) is 0 Å². The van der Waals surface area contributed by atoms with Crippen molar-refractivity contribution in [1.29, 1.82) is 0 Å². The fourth-order valence-electron chi connectivity index (χ4n) is 3.46. The number of benzene rings is 2. The maximum atomic E-state index is 13.0. The normalized spacial score (nSPS) is 13.5. The van der Waals surface area contributed by atoms with Gasteiger partial charge in [-0.3, -0.25) is 4.79 Å². The third kappa shape index (κ3) is 4.11. The van der Waals surface area contributed by atoms with Crippen LogP contribution >= 0.6 is 0 Å². The van der Waals surface area contributed by atoms with Gasteiger partial charge in [0.2, 0.25) is 5.75 Å². The van der Waals surface area contributed by atoms with E-state index in [-0.39, 0.29) is 11.9 Å². The summed E-state index contributed by atoms with van der Waals surface area (Å²) in [6.07, 6.45) is 1.85. The number of carbonyl (C=O) groups is 1. The van der Waals surface area contributed by atoms with E-state index in [1.165, 1.54) is 21.3 Å². The van der Waals surface area contributed by atoms with Crippen molar-refractivity contribution in [3.8, 4) is 23.0 Å². The highest BCUT2D eigenvalue weighted by atomic mass is 16.5. The Hall–Kier alpha value is -3.75. The molecule has 2 heterocycles. The lowest BCUT2D eigenvalue weighted by atomic mass is 10.1. The number of nitrogens with zero attached hydrogens (tertiary/aromatic N) is 4. The Morgan fingerprint density at radius 1 is 1.00 bits per heavy atom. The van der Waals surface area contributed by atoms with Crippen LogP contribution in [-0.2, 0) is 6.61 Å². The van der Waals surface area contributed by atoms with Crippen molar-refractivity contribution in [3.05, 3.63) is 59.9 Å². The molecular formula is C22H24N4O5. The summed E-state index contributed by atoms with van der Waals surface area (Å²) < 4.78 is 23.6. The van der Waals surface area contributed by atoms with Gasteiger partial charge in [-0.1, -0.05) is 23.4 Å². The average Bonchev–Trinajstić information content (AvgIpc) is 3.24. The quantitative estimate of drug-likeness (QED) is 0.549. The second-order valence-corrected chi connectivity index (χ2v) is 7.04. The first-order valence-corrected chi connectivity index (χ1v) is 9.81. The van der Waals surface area contributed by atoms with Gasteiger partial charge in [0.15, 0.2) is 11.5 Å². The third-order valence-electron chi connectivity index (χ3n) is 5.15. The molecule has 9 heteroatoms. The van der Waals surface area contributed by atoms with Gasteiger partial charge in [0.1, 0.15) is 18.1 Å². The van der Waals surface area contributed by atoms with Crippen molar-refractivity contribution in [2.45, 2.75) is 12.6 Å². The smallest absolute Gasteiger partial charge is 0.257 e. The van der Waals surface area contributed by atoms with Gasteiger partial charge in [-0.2, -0.15) is 0 Å². The largest absolute Gasteiger partial charge is 0.493 e. The second kappa shape index (κ2) is 8.95. The number of hydrogen-bond acceptors (Lipinski definition) is 7. The Kier molecular flexibility index (Phi) is 5.92. The van der Waals surface area contributed by atoms with Crippen LogP contribution in [0, 0.1) is 0 Å². The molecule has 0 unspecified atom stereocenters. The lowest BCUT2D eigenvalue weighted by Gasteiger charge is -2.39. The van der Waals surface area contributed by atoms with Crippen LogP contribution in [0.4, 0.5) is 0 Å². The minimum absolute atomic E-state index is 0.0630. The van der Waals surface area contributed by atoms with E-state index < -0.39 is 0 Å². The molecule has 2 aromatic carbocycles. The maximum absolute atomic E-state index is 13.0. The molecule has 1 aliphatic heterocycles. The van der Waals surface area contributed by atoms with E-state index >= 15 is 0 Å². The van der Waals surface area contributed by atoms with E-state index in [0.29, 0.717) is 42.5 Å². The van der Waals surface area contributed by atoms with Crippen molar-refractivity contribution in [2.75, 3.05) is 34.4 Å². The van der Waals surface area contributed by atoms with Crippen LogP contribution in [0.3, 0.4) is 0 Å². The predicted molar refractivity (Wildman–Crippen MR) is 112 cm³/mol. The fourth-order valence-corrected chi connectivity index (χ4v) is 3.46. The molecule has 0 bridgehead atoms. The lowest BCUT2D eigenvalue weighted by molar-refractivity contribution is 0.0494. The van der Waals surface area contributed by atoms with Gasteiger partial charge in [-0.05, 0) is 24.3 Å². The maximum Gasteiger partial charge on any atom is 0.257 e. The van der Waals surface area contributed by atoms with E-state index in [1.54, 1.807) is 21.7 Å². The predicted octanol–water partition coefficient (Wildman–Crippen LogP) is 2.58. The summed E-state index contributed by atoms with van der Waals surface area (Å²) in [6.45, 7) is 1.39. The van der Waals surface area contributed by atoms with Crippen LogP contribution < -0.4 is 18.9 Å². The van der Waals surface area contributed by atoms with Gasteiger partial charge in [-0.15, -0.1) is 5.10 Å². The summed E-state index contributed by atoms with van der Waals surface area (Å²) in [6, 6.07) is 13.0. The Labute approximate surface area is 180 Å². The average molecular weight is 424 g/mol. The fraction of sp³-hybridized carbons (Fsp3) is 0.318. The molecule has 0 aliphatic carbocycles. The van der Waals surface area contributed by atoms with E-state index in [2.05, 4.69) is 10.3 Å². The number of ether oxygens (including phenoxy) is 4. The number of methoxy groups -OCH3 is 3. The standard InChI is InChI=1S/C22H24N4O5/c1-28-19-10-9-18(20(29-2)21(19)30-3)22(27)25-12-16(13-25)26-11-15(23-24-26)14-31-17-7-5-4-6-8-17/h4-11,16H,12-14H2,1-3H3. The topological polar surface area (TPSA) is 87.9 Å². The van der Waals surface area contributed by atoms with E-state index in [9.17, 15) is 4.79 Å². The molecule has 0 spiro atoms. The number of likely N-dealkylation sites (tertiary alicyclic amines) is 1. The number of rotatable bonds is 8. The molecule has 9 nitrogen and oxygen atoms in total. The minimum atomic E-state index is -0.137. The Bertz CT molecular complexity index is 1050. The molecule has 1 fully saturated rings. The van der Waals surface area contributed by atoms with Gasteiger partial charge >= 0.3 is 0 Å². The number of aromatic nitrogens is 3. The first-order chi connectivity index (χ1) is 15.1. The highest BCUT2D eigenvalue weighted by Gasteiger charge is 2.35.